The van der Waals surface area contributed by atoms with Gasteiger partial charge in [-0.15, -0.1) is 0 Å². The summed E-state index contributed by atoms with van der Waals surface area (Å²) in [6, 6.07) is 6.90. The van der Waals surface area contributed by atoms with E-state index in [-0.39, 0.29) is 11.9 Å². The van der Waals surface area contributed by atoms with Crippen LogP contribution < -0.4 is 15.4 Å². The lowest BCUT2D eigenvalue weighted by molar-refractivity contribution is 0.0726. The van der Waals surface area contributed by atoms with Crippen LogP contribution in [0, 0.1) is 0 Å². The molecule has 3 rings (SSSR count). The molecule has 138 valence electrons. The molecular weight excluding hydrogens is 334 g/mol. The summed E-state index contributed by atoms with van der Waals surface area (Å²) >= 11 is 0. The van der Waals surface area contributed by atoms with Crippen molar-refractivity contribution in [2.45, 2.75) is 26.9 Å². The molecule has 2 N–H and O–H groups in total. The lowest BCUT2D eigenvalue weighted by Gasteiger charge is -2.19. The van der Waals surface area contributed by atoms with Crippen molar-refractivity contribution in [3.05, 3.63) is 41.7 Å². The van der Waals surface area contributed by atoms with Gasteiger partial charge in [-0.2, -0.15) is 5.10 Å². The van der Waals surface area contributed by atoms with Crippen LogP contribution >= 0.6 is 0 Å². The van der Waals surface area contributed by atoms with Crippen molar-refractivity contribution in [3.8, 4) is 5.75 Å². The Hall–Kier alpha value is -3.03. The normalized spacial score (nSPS) is 13.4. The third kappa shape index (κ3) is 3.96. The Bertz CT molecular complexity index is 802. The molecule has 1 aliphatic heterocycles. The van der Waals surface area contributed by atoms with Crippen molar-refractivity contribution < 1.29 is 14.3 Å². The van der Waals surface area contributed by atoms with E-state index in [9.17, 15) is 9.59 Å². The number of urea groups is 1. The van der Waals surface area contributed by atoms with E-state index in [4.69, 9.17) is 4.74 Å². The van der Waals surface area contributed by atoms with Gasteiger partial charge in [-0.1, -0.05) is 0 Å². The second-order valence-electron chi connectivity index (χ2n) is 5.94. The van der Waals surface area contributed by atoms with Crippen molar-refractivity contribution in [1.29, 1.82) is 0 Å². The SMILES string of the molecule is CCNC(=O)Nc1ccc2c(c1)CN(C(=O)c1ccn(CC)n1)CCO2. The Labute approximate surface area is 152 Å². The van der Waals surface area contributed by atoms with E-state index in [0.717, 1.165) is 11.3 Å². The van der Waals surface area contributed by atoms with Gasteiger partial charge in [-0.05, 0) is 38.1 Å². The Balaban J connectivity index is 1.77. The van der Waals surface area contributed by atoms with Crippen molar-refractivity contribution >= 4 is 17.6 Å². The van der Waals surface area contributed by atoms with Crippen molar-refractivity contribution in [3.63, 3.8) is 0 Å². The molecule has 2 aromatic rings. The summed E-state index contributed by atoms with van der Waals surface area (Å²) in [6.07, 6.45) is 1.80. The fraction of sp³-hybridized carbons (Fsp3) is 0.389. The van der Waals surface area contributed by atoms with Crippen molar-refractivity contribution in [1.82, 2.24) is 20.0 Å². The topological polar surface area (TPSA) is 88.5 Å². The van der Waals surface area contributed by atoms with Gasteiger partial charge >= 0.3 is 6.03 Å². The number of fused-ring (bicyclic) bond motifs is 1. The molecule has 1 aliphatic rings. The van der Waals surface area contributed by atoms with Crippen LogP contribution in [0.5, 0.6) is 5.75 Å². The minimum absolute atomic E-state index is 0.129. The molecule has 8 nitrogen and oxygen atoms in total. The number of rotatable bonds is 4. The number of amides is 3. The van der Waals surface area contributed by atoms with Gasteiger partial charge in [0.05, 0.1) is 6.54 Å². The van der Waals surface area contributed by atoms with Gasteiger partial charge in [0.25, 0.3) is 5.91 Å². The van der Waals surface area contributed by atoms with E-state index < -0.39 is 0 Å². The number of aromatic nitrogens is 2. The van der Waals surface area contributed by atoms with E-state index >= 15 is 0 Å². The van der Waals surface area contributed by atoms with Gasteiger partial charge in [0, 0.05) is 37.1 Å². The number of nitrogens with zero attached hydrogens (tertiary/aromatic N) is 3. The molecule has 3 amide bonds. The molecule has 0 saturated heterocycles. The Morgan fingerprint density at radius 2 is 2.12 bits per heavy atom. The average molecular weight is 357 g/mol. The van der Waals surface area contributed by atoms with Crippen molar-refractivity contribution in [2.75, 3.05) is 25.0 Å². The predicted molar refractivity (Wildman–Crippen MR) is 97.3 cm³/mol. The molecular formula is C18H23N5O3. The molecule has 0 radical (unpaired) electrons. The van der Waals surface area contributed by atoms with Gasteiger partial charge in [0.15, 0.2) is 0 Å². The quantitative estimate of drug-likeness (QED) is 0.877. The molecule has 8 heteroatoms. The van der Waals surface area contributed by atoms with Gasteiger partial charge in [0.2, 0.25) is 0 Å². The standard InChI is InChI=1S/C18H23N5O3/c1-3-19-18(25)20-14-5-6-16-13(11-14)12-22(9-10-26-16)17(24)15-7-8-23(4-2)21-15/h5-8,11H,3-4,9-10,12H2,1-2H3,(H2,19,20,25). The monoisotopic (exact) mass is 357 g/mol. The average Bonchev–Trinajstić information content (AvgIpc) is 3.01. The van der Waals surface area contributed by atoms with Crippen LogP contribution in [0.15, 0.2) is 30.5 Å². The highest BCUT2D eigenvalue weighted by Crippen LogP contribution is 2.27. The Morgan fingerprint density at radius 1 is 1.27 bits per heavy atom. The summed E-state index contributed by atoms with van der Waals surface area (Å²) in [5, 5.41) is 9.75. The lowest BCUT2D eigenvalue weighted by Crippen LogP contribution is -2.33. The first-order chi connectivity index (χ1) is 12.6. The first-order valence-corrected chi connectivity index (χ1v) is 8.74. The molecule has 0 unspecified atom stereocenters. The Morgan fingerprint density at radius 3 is 2.85 bits per heavy atom. The molecule has 0 fully saturated rings. The highest BCUT2D eigenvalue weighted by atomic mass is 16.5. The minimum atomic E-state index is -0.264. The first-order valence-electron chi connectivity index (χ1n) is 8.74. The highest BCUT2D eigenvalue weighted by Gasteiger charge is 2.23. The zero-order valence-electron chi connectivity index (χ0n) is 15.0. The van der Waals surface area contributed by atoms with Gasteiger partial charge in [-0.25, -0.2) is 4.79 Å². The van der Waals surface area contributed by atoms with Crippen LogP contribution in [-0.4, -0.2) is 46.3 Å². The van der Waals surface area contributed by atoms with E-state index in [0.29, 0.717) is 44.2 Å². The molecule has 0 bridgehead atoms. The van der Waals surface area contributed by atoms with Gasteiger partial charge in [-0.3, -0.25) is 9.48 Å². The van der Waals surface area contributed by atoms with Crippen LogP contribution in [-0.2, 0) is 13.1 Å². The molecule has 0 aliphatic carbocycles. The van der Waals surface area contributed by atoms with E-state index in [1.165, 1.54) is 0 Å². The Kier molecular flexibility index (Phi) is 5.40. The van der Waals surface area contributed by atoms with E-state index in [1.54, 1.807) is 27.9 Å². The fourth-order valence-electron chi connectivity index (χ4n) is 2.80. The minimum Gasteiger partial charge on any atom is -0.491 e. The predicted octanol–water partition coefficient (Wildman–Crippen LogP) is 2.08. The number of anilines is 1. The number of carbonyl (C=O) groups excluding carboxylic acids is 2. The number of aryl methyl sites for hydroxylation is 1. The summed E-state index contributed by atoms with van der Waals surface area (Å²) in [7, 11) is 0. The molecule has 1 aromatic heterocycles. The largest absolute Gasteiger partial charge is 0.491 e. The second-order valence-corrected chi connectivity index (χ2v) is 5.94. The summed E-state index contributed by atoms with van der Waals surface area (Å²) in [5.74, 6) is 0.594. The maximum absolute atomic E-state index is 12.8. The number of hydrogen-bond acceptors (Lipinski definition) is 4. The number of benzene rings is 1. The number of nitrogens with one attached hydrogen (secondary N) is 2. The number of ether oxygens (including phenoxy) is 1. The summed E-state index contributed by atoms with van der Waals surface area (Å²) < 4.78 is 7.48. The van der Waals surface area contributed by atoms with Gasteiger partial charge < -0.3 is 20.3 Å². The zero-order chi connectivity index (χ0) is 18.5. The fourth-order valence-corrected chi connectivity index (χ4v) is 2.80. The second kappa shape index (κ2) is 7.90. The van der Waals surface area contributed by atoms with E-state index in [1.807, 2.05) is 26.0 Å². The first kappa shape index (κ1) is 17.8. The molecule has 0 saturated carbocycles. The third-order valence-corrected chi connectivity index (χ3v) is 4.11. The summed E-state index contributed by atoms with van der Waals surface area (Å²) in [5.41, 5.74) is 1.93. The third-order valence-electron chi connectivity index (χ3n) is 4.11. The van der Waals surface area contributed by atoms with Crippen LogP contribution in [0.3, 0.4) is 0 Å². The van der Waals surface area contributed by atoms with Crippen molar-refractivity contribution in [2.24, 2.45) is 0 Å². The maximum Gasteiger partial charge on any atom is 0.319 e. The lowest BCUT2D eigenvalue weighted by atomic mass is 10.1. The molecule has 0 atom stereocenters. The van der Waals surface area contributed by atoms with Crippen LogP contribution in [0.2, 0.25) is 0 Å². The van der Waals surface area contributed by atoms with Crippen LogP contribution in [0.25, 0.3) is 0 Å². The van der Waals surface area contributed by atoms with Crippen LogP contribution in [0.4, 0.5) is 10.5 Å². The molecule has 2 heterocycles. The zero-order valence-corrected chi connectivity index (χ0v) is 15.0. The molecule has 1 aromatic carbocycles. The molecule has 0 spiro atoms. The van der Waals surface area contributed by atoms with Crippen LogP contribution in [0.1, 0.15) is 29.9 Å². The highest BCUT2D eigenvalue weighted by molar-refractivity contribution is 5.92. The maximum atomic E-state index is 12.8. The number of hydrogen-bond donors (Lipinski definition) is 2. The number of carbonyl (C=O) groups is 2. The smallest absolute Gasteiger partial charge is 0.319 e. The van der Waals surface area contributed by atoms with Gasteiger partial charge in [0.1, 0.15) is 18.1 Å². The summed E-state index contributed by atoms with van der Waals surface area (Å²) in [4.78, 5) is 26.2. The van der Waals surface area contributed by atoms with E-state index in [2.05, 4.69) is 15.7 Å². The summed E-state index contributed by atoms with van der Waals surface area (Å²) in [6.45, 7) is 6.38. The molecule has 26 heavy (non-hydrogen) atoms.